The number of nitrogens with one attached hydrogen (secondary N) is 4. The molecule has 188 valence electrons. The van der Waals surface area contributed by atoms with Crippen molar-refractivity contribution in [1.29, 1.82) is 0 Å². The molecule has 2 bridgehead atoms. The molecule has 0 aliphatic carbocycles. The van der Waals surface area contributed by atoms with Gasteiger partial charge >= 0.3 is 5.97 Å². The van der Waals surface area contributed by atoms with Gasteiger partial charge in [0, 0.05) is 11.5 Å². The van der Waals surface area contributed by atoms with Gasteiger partial charge in [-0.25, -0.2) is 4.79 Å². The number of amides is 4. The molecule has 2 rings (SSSR count). The van der Waals surface area contributed by atoms with Crippen LogP contribution in [0.4, 0.5) is 0 Å². The molecule has 3 atom stereocenters. The van der Waals surface area contributed by atoms with E-state index in [-0.39, 0.29) is 30.3 Å². The fourth-order valence-corrected chi connectivity index (χ4v) is 5.61. The van der Waals surface area contributed by atoms with Crippen molar-refractivity contribution in [2.24, 2.45) is 5.92 Å². The van der Waals surface area contributed by atoms with Crippen molar-refractivity contribution in [3.63, 3.8) is 0 Å². The summed E-state index contributed by atoms with van der Waals surface area (Å²) in [6.07, 6.45) is 4.49. The van der Waals surface area contributed by atoms with Gasteiger partial charge in [-0.15, -0.1) is 0 Å². The first-order valence-electron chi connectivity index (χ1n) is 11.0. The Bertz CT molecular complexity index is 875. The molecule has 10 nitrogen and oxygen atoms in total. The summed E-state index contributed by atoms with van der Waals surface area (Å²) < 4.78 is 5.57. The molecular weight excluding hydrogens is 480 g/mol. The summed E-state index contributed by atoms with van der Waals surface area (Å²) in [6, 6.07) is -1.00. The van der Waals surface area contributed by atoms with Crippen LogP contribution in [0.5, 0.6) is 0 Å². The Balaban J connectivity index is 2.51. The summed E-state index contributed by atoms with van der Waals surface area (Å²) in [5, 5.41) is 10.4. The Hall–Kier alpha value is -2.47. The number of fused-ring (bicyclic) bond motifs is 7. The largest absolute Gasteiger partial charge is 0.456 e. The standard InChI is InChI=1S/C22H32N4O6S2/c1-5-15-19(29)25-18(13(2)3)20(30)32-14-8-6-7-9-33-34-12-22(4,21(31)24-15)26-17(28)11-23-16(27)10-14/h5-6,8,13-14,18H,7,9-12H2,1-4H3,(H,23,27)(H,24,31)(H,25,29)(H,26,28)/b8-6+,15-5-/t14-,18?,22-/m1/s1. The fourth-order valence-electron chi connectivity index (χ4n) is 3.14. The van der Waals surface area contributed by atoms with Gasteiger partial charge in [0.25, 0.3) is 11.8 Å². The van der Waals surface area contributed by atoms with Gasteiger partial charge in [0.05, 0.1) is 13.0 Å². The minimum Gasteiger partial charge on any atom is -0.456 e. The third-order valence-electron chi connectivity index (χ3n) is 5.15. The maximum Gasteiger partial charge on any atom is 0.329 e. The second kappa shape index (κ2) is 12.8. The van der Waals surface area contributed by atoms with Crippen molar-refractivity contribution in [1.82, 2.24) is 21.3 Å². The van der Waals surface area contributed by atoms with Crippen LogP contribution in [0.2, 0.25) is 0 Å². The highest BCUT2D eigenvalue weighted by Crippen LogP contribution is 2.27. The average Bonchev–Trinajstić information content (AvgIpc) is 2.77. The molecule has 34 heavy (non-hydrogen) atoms. The molecular formula is C22H32N4O6S2. The molecule has 2 aliphatic heterocycles. The van der Waals surface area contributed by atoms with E-state index in [9.17, 15) is 24.0 Å². The predicted molar refractivity (Wildman–Crippen MR) is 131 cm³/mol. The van der Waals surface area contributed by atoms with E-state index in [1.54, 1.807) is 33.8 Å². The number of allylic oxidation sites excluding steroid dienone is 2. The number of hydrogen-bond donors (Lipinski definition) is 4. The smallest absolute Gasteiger partial charge is 0.329 e. The summed E-state index contributed by atoms with van der Waals surface area (Å²) in [5.41, 5.74) is -1.41. The molecule has 0 aromatic heterocycles. The van der Waals surface area contributed by atoms with Crippen molar-refractivity contribution in [3.05, 3.63) is 23.9 Å². The van der Waals surface area contributed by atoms with Crippen molar-refractivity contribution >= 4 is 51.2 Å². The minimum absolute atomic E-state index is 0.0530. The third-order valence-corrected chi connectivity index (χ3v) is 7.77. The molecule has 12 heteroatoms. The topological polar surface area (TPSA) is 143 Å². The number of hydrogen-bond acceptors (Lipinski definition) is 8. The van der Waals surface area contributed by atoms with Gasteiger partial charge < -0.3 is 26.0 Å². The average molecular weight is 513 g/mol. The lowest BCUT2D eigenvalue weighted by molar-refractivity contribution is -0.153. The zero-order valence-electron chi connectivity index (χ0n) is 19.8. The summed E-state index contributed by atoms with van der Waals surface area (Å²) in [4.78, 5) is 64.1. The normalized spacial score (nSPS) is 30.5. The lowest BCUT2D eigenvalue weighted by atomic mass is 10.0. The van der Waals surface area contributed by atoms with E-state index in [4.69, 9.17) is 4.74 Å². The first kappa shape index (κ1) is 27.8. The Morgan fingerprint density at radius 3 is 2.56 bits per heavy atom. The lowest BCUT2D eigenvalue weighted by Gasteiger charge is -2.30. The van der Waals surface area contributed by atoms with Gasteiger partial charge in [0.15, 0.2) is 0 Å². The highest BCUT2D eigenvalue weighted by atomic mass is 33.1. The zero-order valence-corrected chi connectivity index (χ0v) is 21.4. The van der Waals surface area contributed by atoms with E-state index in [0.717, 1.165) is 0 Å². The van der Waals surface area contributed by atoms with Crippen LogP contribution in [0.25, 0.3) is 0 Å². The molecule has 2 heterocycles. The minimum atomic E-state index is -1.36. The van der Waals surface area contributed by atoms with Crippen molar-refractivity contribution in [2.75, 3.05) is 18.1 Å². The molecule has 1 unspecified atom stereocenters. The number of esters is 1. The van der Waals surface area contributed by atoms with Gasteiger partial charge in [-0.1, -0.05) is 47.6 Å². The Morgan fingerprint density at radius 2 is 1.88 bits per heavy atom. The van der Waals surface area contributed by atoms with E-state index >= 15 is 0 Å². The Kier molecular flexibility index (Phi) is 10.5. The Labute approximate surface area is 207 Å². The van der Waals surface area contributed by atoms with Gasteiger partial charge in [0.2, 0.25) is 11.8 Å². The molecule has 1 fully saturated rings. The van der Waals surface area contributed by atoms with Crippen LogP contribution < -0.4 is 21.3 Å². The van der Waals surface area contributed by atoms with Crippen LogP contribution in [-0.2, 0) is 28.7 Å². The Morgan fingerprint density at radius 1 is 1.15 bits per heavy atom. The van der Waals surface area contributed by atoms with Crippen LogP contribution in [0.15, 0.2) is 23.9 Å². The summed E-state index contributed by atoms with van der Waals surface area (Å²) in [7, 11) is 2.93. The summed E-state index contributed by atoms with van der Waals surface area (Å²) >= 11 is 0. The second-order valence-electron chi connectivity index (χ2n) is 8.49. The maximum absolute atomic E-state index is 13.2. The van der Waals surface area contributed by atoms with Crippen LogP contribution in [-0.4, -0.2) is 65.3 Å². The molecule has 0 saturated carbocycles. The van der Waals surface area contributed by atoms with Crippen LogP contribution in [0.1, 0.15) is 40.5 Å². The maximum atomic E-state index is 13.2. The molecule has 0 aromatic carbocycles. The van der Waals surface area contributed by atoms with E-state index in [1.165, 1.54) is 27.7 Å². The first-order valence-corrected chi connectivity index (χ1v) is 13.5. The van der Waals surface area contributed by atoms with E-state index in [1.807, 2.05) is 6.08 Å². The summed E-state index contributed by atoms with van der Waals surface area (Å²) in [6.45, 7) is 6.29. The summed E-state index contributed by atoms with van der Waals surface area (Å²) in [5.74, 6) is -2.39. The number of carbonyl (C=O) groups excluding carboxylic acids is 5. The molecule has 0 spiro atoms. The van der Waals surface area contributed by atoms with Crippen LogP contribution in [0.3, 0.4) is 0 Å². The lowest BCUT2D eigenvalue weighted by Crippen LogP contribution is -2.60. The number of carbonyl (C=O) groups is 5. The van der Waals surface area contributed by atoms with Crippen LogP contribution >= 0.6 is 21.6 Å². The van der Waals surface area contributed by atoms with Crippen molar-refractivity contribution < 1.29 is 28.7 Å². The zero-order chi connectivity index (χ0) is 25.3. The SMILES string of the molecule is C/C=C1\NC(=O)[C@@]2(C)CSSCC/C=C/[C@H](CC(=O)NCC(=O)N2)OC(=O)C(C(C)C)NC1=O. The predicted octanol–water partition coefficient (Wildman–Crippen LogP) is 0.795. The molecule has 0 radical (unpaired) electrons. The van der Waals surface area contributed by atoms with Gasteiger partial charge in [-0.3, -0.25) is 19.2 Å². The van der Waals surface area contributed by atoms with E-state index in [2.05, 4.69) is 21.3 Å². The molecule has 4 N–H and O–H groups in total. The van der Waals surface area contributed by atoms with Gasteiger partial charge in [0.1, 0.15) is 23.4 Å². The fraction of sp³-hybridized carbons (Fsp3) is 0.591. The third kappa shape index (κ3) is 8.08. The van der Waals surface area contributed by atoms with E-state index < -0.39 is 47.3 Å². The highest BCUT2D eigenvalue weighted by Gasteiger charge is 2.37. The van der Waals surface area contributed by atoms with Gasteiger partial charge in [-0.05, 0) is 32.3 Å². The van der Waals surface area contributed by atoms with Crippen molar-refractivity contribution in [2.45, 2.75) is 58.2 Å². The molecule has 1 saturated heterocycles. The number of ether oxygens (including phenoxy) is 1. The highest BCUT2D eigenvalue weighted by molar-refractivity contribution is 8.76. The first-order chi connectivity index (χ1) is 16.1. The molecule has 2 aliphatic rings. The van der Waals surface area contributed by atoms with E-state index in [0.29, 0.717) is 12.2 Å². The molecule has 0 aromatic rings. The number of rotatable bonds is 1. The monoisotopic (exact) mass is 512 g/mol. The second-order valence-corrected chi connectivity index (χ2v) is 11.1. The van der Waals surface area contributed by atoms with Crippen LogP contribution in [0, 0.1) is 5.92 Å². The molecule has 4 amide bonds. The van der Waals surface area contributed by atoms with Gasteiger partial charge in [-0.2, -0.15) is 0 Å². The quantitative estimate of drug-likeness (QED) is 0.175. The van der Waals surface area contributed by atoms with Crippen molar-refractivity contribution in [3.8, 4) is 0 Å².